The Morgan fingerprint density at radius 1 is 1.17 bits per heavy atom. The number of hydrogen-bond acceptors (Lipinski definition) is 4. The highest BCUT2D eigenvalue weighted by Gasteiger charge is 2.08. The van der Waals surface area contributed by atoms with Gasteiger partial charge in [0.25, 0.3) is 5.91 Å². The number of rotatable bonds is 8. The Labute approximate surface area is 143 Å². The zero-order valence-electron chi connectivity index (χ0n) is 14.5. The molecule has 0 saturated carbocycles. The normalized spacial score (nSPS) is 10.5. The molecule has 0 unspecified atom stereocenters. The van der Waals surface area contributed by atoms with E-state index in [0.29, 0.717) is 23.9 Å². The summed E-state index contributed by atoms with van der Waals surface area (Å²) in [7, 11) is 0. The molecule has 0 aliphatic rings. The molecular formula is C19H25N3O2. The van der Waals surface area contributed by atoms with Gasteiger partial charge in [-0.2, -0.15) is 0 Å². The molecule has 0 aliphatic heterocycles. The highest BCUT2D eigenvalue weighted by atomic mass is 16.5. The zero-order valence-corrected chi connectivity index (χ0v) is 14.5. The van der Waals surface area contributed by atoms with Crippen LogP contribution in [0.4, 0.5) is 11.4 Å². The van der Waals surface area contributed by atoms with Gasteiger partial charge >= 0.3 is 0 Å². The van der Waals surface area contributed by atoms with Crippen LogP contribution in [0.2, 0.25) is 0 Å². The molecule has 5 heteroatoms. The Morgan fingerprint density at radius 2 is 1.92 bits per heavy atom. The first-order valence-electron chi connectivity index (χ1n) is 8.32. The van der Waals surface area contributed by atoms with Crippen LogP contribution in [0.3, 0.4) is 0 Å². The summed E-state index contributed by atoms with van der Waals surface area (Å²) in [6, 6.07) is 10.9. The third-order valence-electron chi connectivity index (χ3n) is 3.47. The van der Waals surface area contributed by atoms with Crippen molar-refractivity contribution in [2.45, 2.75) is 27.2 Å². The zero-order chi connectivity index (χ0) is 17.4. The van der Waals surface area contributed by atoms with Crippen molar-refractivity contribution in [3.05, 3.63) is 48.3 Å². The summed E-state index contributed by atoms with van der Waals surface area (Å²) in [4.78, 5) is 16.5. The van der Waals surface area contributed by atoms with E-state index in [1.54, 1.807) is 12.3 Å². The molecule has 1 aromatic heterocycles. The summed E-state index contributed by atoms with van der Waals surface area (Å²) in [5.41, 5.74) is 2.00. The van der Waals surface area contributed by atoms with Gasteiger partial charge in [-0.1, -0.05) is 13.8 Å². The summed E-state index contributed by atoms with van der Waals surface area (Å²) in [5.74, 6) is 1.19. The molecule has 0 radical (unpaired) electrons. The summed E-state index contributed by atoms with van der Waals surface area (Å²) in [6.07, 6.45) is 2.72. The van der Waals surface area contributed by atoms with Gasteiger partial charge in [-0.05, 0) is 55.7 Å². The number of benzene rings is 1. The number of pyridine rings is 1. The Morgan fingerprint density at radius 3 is 2.58 bits per heavy atom. The quantitative estimate of drug-likeness (QED) is 0.763. The van der Waals surface area contributed by atoms with Crippen LogP contribution >= 0.6 is 0 Å². The molecule has 24 heavy (non-hydrogen) atoms. The van der Waals surface area contributed by atoms with Gasteiger partial charge in [0.2, 0.25) is 0 Å². The number of ether oxygens (including phenoxy) is 1. The molecule has 1 aromatic carbocycles. The second-order valence-electron chi connectivity index (χ2n) is 5.95. The number of hydrogen-bond donors (Lipinski definition) is 2. The van der Waals surface area contributed by atoms with Crippen molar-refractivity contribution in [2.24, 2.45) is 5.92 Å². The minimum Gasteiger partial charge on any atom is -0.494 e. The molecular weight excluding hydrogens is 302 g/mol. The van der Waals surface area contributed by atoms with E-state index in [4.69, 9.17) is 4.74 Å². The number of carbonyl (C=O) groups is 1. The monoisotopic (exact) mass is 327 g/mol. The van der Waals surface area contributed by atoms with Gasteiger partial charge < -0.3 is 15.4 Å². The number of anilines is 2. The molecule has 128 valence electrons. The van der Waals surface area contributed by atoms with Crippen LogP contribution in [-0.4, -0.2) is 24.0 Å². The molecule has 2 rings (SSSR count). The average Bonchev–Trinajstić information content (AvgIpc) is 2.57. The lowest BCUT2D eigenvalue weighted by Crippen LogP contribution is -2.14. The summed E-state index contributed by atoms with van der Waals surface area (Å²) in [5, 5.41) is 6.16. The molecule has 0 spiro atoms. The molecule has 1 amide bonds. The molecule has 5 nitrogen and oxygen atoms in total. The second kappa shape index (κ2) is 8.91. The number of nitrogens with one attached hydrogen (secondary N) is 2. The van der Waals surface area contributed by atoms with Crippen LogP contribution in [-0.2, 0) is 0 Å². The van der Waals surface area contributed by atoms with Gasteiger partial charge in [-0.15, -0.1) is 0 Å². The maximum absolute atomic E-state index is 12.3. The first-order valence-corrected chi connectivity index (χ1v) is 8.32. The highest BCUT2D eigenvalue weighted by molar-refractivity contribution is 6.03. The molecule has 0 saturated heterocycles. The first kappa shape index (κ1) is 17.8. The van der Waals surface area contributed by atoms with Crippen molar-refractivity contribution in [3.8, 4) is 5.75 Å². The average molecular weight is 327 g/mol. The fourth-order valence-corrected chi connectivity index (χ4v) is 2.17. The topological polar surface area (TPSA) is 63.2 Å². The van der Waals surface area contributed by atoms with Crippen molar-refractivity contribution in [1.29, 1.82) is 0 Å². The van der Waals surface area contributed by atoms with Crippen LogP contribution < -0.4 is 15.4 Å². The van der Waals surface area contributed by atoms with E-state index in [1.165, 1.54) is 0 Å². The van der Waals surface area contributed by atoms with Gasteiger partial charge in [0.1, 0.15) is 11.4 Å². The maximum atomic E-state index is 12.3. The minimum atomic E-state index is -0.230. The SMILES string of the molecule is CCOc1ccc(NC(=O)c2cc(NCCC(C)C)ccn2)cc1. The largest absolute Gasteiger partial charge is 0.494 e. The molecule has 1 heterocycles. The van der Waals surface area contributed by atoms with Crippen molar-refractivity contribution in [2.75, 3.05) is 23.8 Å². The lowest BCUT2D eigenvalue weighted by molar-refractivity contribution is 0.102. The molecule has 0 bridgehead atoms. The van der Waals surface area contributed by atoms with Gasteiger partial charge in [0, 0.05) is 24.1 Å². The smallest absolute Gasteiger partial charge is 0.274 e. The Hall–Kier alpha value is -2.56. The van der Waals surface area contributed by atoms with Crippen molar-refractivity contribution < 1.29 is 9.53 Å². The van der Waals surface area contributed by atoms with Crippen LogP contribution in [0.5, 0.6) is 5.75 Å². The summed E-state index contributed by atoms with van der Waals surface area (Å²) < 4.78 is 5.39. The van der Waals surface area contributed by atoms with Crippen LogP contribution in [0.25, 0.3) is 0 Å². The molecule has 0 fully saturated rings. The highest BCUT2D eigenvalue weighted by Crippen LogP contribution is 2.17. The Balaban J connectivity index is 1.96. The third-order valence-corrected chi connectivity index (χ3v) is 3.47. The summed E-state index contributed by atoms with van der Waals surface area (Å²) >= 11 is 0. The standard InChI is InChI=1S/C19H25N3O2/c1-4-24-17-7-5-15(6-8-17)22-19(23)18-13-16(10-12-21-18)20-11-9-14(2)3/h5-8,10,12-14H,4,9,11H2,1-3H3,(H,20,21)(H,22,23). The molecule has 2 aromatic rings. The van der Waals surface area contributed by atoms with E-state index in [-0.39, 0.29) is 5.91 Å². The molecule has 2 N–H and O–H groups in total. The van der Waals surface area contributed by atoms with E-state index in [0.717, 1.165) is 24.4 Å². The summed E-state index contributed by atoms with van der Waals surface area (Å²) in [6.45, 7) is 7.80. The Bertz CT molecular complexity index is 654. The number of aromatic nitrogens is 1. The van der Waals surface area contributed by atoms with Gasteiger partial charge in [0.15, 0.2) is 0 Å². The molecule has 0 atom stereocenters. The van der Waals surface area contributed by atoms with Crippen LogP contribution in [0, 0.1) is 5.92 Å². The predicted octanol–water partition coefficient (Wildman–Crippen LogP) is 4.19. The van der Waals surface area contributed by atoms with Crippen molar-refractivity contribution in [3.63, 3.8) is 0 Å². The lowest BCUT2D eigenvalue weighted by atomic mass is 10.1. The van der Waals surface area contributed by atoms with Gasteiger partial charge in [0.05, 0.1) is 6.61 Å². The maximum Gasteiger partial charge on any atom is 0.274 e. The van der Waals surface area contributed by atoms with E-state index in [2.05, 4.69) is 29.5 Å². The fourth-order valence-electron chi connectivity index (χ4n) is 2.17. The van der Waals surface area contributed by atoms with Gasteiger partial charge in [-0.25, -0.2) is 0 Å². The van der Waals surface area contributed by atoms with E-state index >= 15 is 0 Å². The van der Waals surface area contributed by atoms with Crippen molar-refractivity contribution in [1.82, 2.24) is 4.98 Å². The molecule has 0 aliphatic carbocycles. The predicted molar refractivity (Wildman–Crippen MR) is 97.7 cm³/mol. The minimum absolute atomic E-state index is 0.230. The number of carbonyl (C=O) groups excluding carboxylic acids is 1. The van der Waals surface area contributed by atoms with Crippen LogP contribution in [0.1, 0.15) is 37.7 Å². The van der Waals surface area contributed by atoms with Crippen molar-refractivity contribution >= 4 is 17.3 Å². The number of nitrogens with zero attached hydrogens (tertiary/aromatic N) is 1. The second-order valence-corrected chi connectivity index (χ2v) is 5.95. The fraction of sp³-hybridized carbons (Fsp3) is 0.368. The third kappa shape index (κ3) is 5.57. The number of amides is 1. The van der Waals surface area contributed by atoms with E-state index < -0.39 is 0 Å². The Kier molecular flexibility index (Phi) is 6.61. The first-order chi connectivity index (χ1) is 11.6. The lowest BCUT2D eigenvalue weighted by Gasteiger charge is -2.10. The van der Waals surface area contributed by atoms with E-state index in [9.17, 15) is 4.79 Å². The van der Waals surface area contributed by atoms with E-state index in [1.807, 2.05) is 37.3 Å². The van der Waals surface area contributed by atoms with Gasteiger partial charge in [-0.3, -0.25) is 9.78 Å². The van der Waals surface area contributed by atoms with Crippen LogP contribution in [0.15, 0.2) is 42.6 Å².